The minimum Gasteiger partial charge on any atom is -0.310 e. The summed E-state index contributed by atoms with van der Waals surface area (Å²) in [6.07, 6.45) is 0. The summed E-state index contributed by atoms with van der Waals surface area (Å²) in [7, 11) is 0. The number of aromatic nitrogens is 2. The van der Waals surface area contributed by atoms with Crippen LogP contribution < -0.4 is 4.90 Å². The zero-order valence-electron chi connectivity index (χ0n) is 29.9. The predicted octanol–water partition coefficient (Wildman–Crippen LogP) is 14.2. The highest BCUT2D eigenvalue weighted by Gasteiger charge is 2.24. The van der Waals surface area contributed by atoms with Crippen LogP contribution in [0.25, 0.3) is 87.7 Å². The molecule has 0 atom stereocenters. The summed E-state index contributed by atoms with van der Waals surface area (Å²) < 4.78 is 4.89. The van der Waals surface area contributed by atoms with Gasteiger partial charge in [-0.25, -0.2) is 0 Å². The van der Waals surface area contributed by atoms with E-state index in [1.807, 2.05) is 0 Å². The van der Waals surface area contributed by atoms with Crippen molar-refractivity contribution in [1.29, 1.82) is 0 Å². The van der Waals surface area contributed by atoms with Crippen LogP contribution in [0.5, 0.6) is 0 Å². The van der Waals surface area contributed by atoms with Crippen LogP contribution in [0.4, 0.5) is 17.1 Å². The van der Waals surface area contributed by atoms with E-state index in [1.165, 1.54) is 87.7 Å². The van der Waals surface area contributed by atoms with Crippen molar-refractivity contribution in [3.8, 4) is 22.3 Å². The Morgan fingerprint density at radius 1 is 0.309 bits per heavy atom. The monoisotopic (exact) mass is 699 g/mol. The van der Waals surface area contributed by atoms with E-state index in [4.69, 9.17) is 0 Å². The molecular weight excluding hydrogens is 667 g/mol. The highest BCUT2D eigenvalue weighted by atomic mass is 15.1. The van der Waals surface area contributed by atoms with Crippen molar-refractivity contribution in [2.75, 3.05) is 4.90 Å². The van der Waals surface area contributed by atoms with Crippen LogP contribution in [0, 0.1) is 0 Å². The number of benzene rings is 9. The summed E-state index contributed by atoms with van der Waals surface area (Å²) in [5.74, 6) is 0. The molecule has 256 valence electrons. The molecule has 0 saturated heterocycles. The van der Waals surface area contributed by atoms with E-state index in [-0.39, 0.29) is 0 Å². The molecule has 0 amide bonds. The molecule has 0 radical (unpaired) electrons. The molecule has 0 aliphatic rings. The third-order valence-electron chi connectivity index (χ3n) is 11.6. The Morgan fingerprint density at radius 3 is 1.31 bits per heavy atom. The first-order valence-corrected chi connectivity index (χ1v) is 18.9. The topological polar surface area (TPSA) is 12.1 Å². The normalized spacial score (nSPS) is 12.0. The van der Waals surface area contributed by atoms with Crippen LogP contribution in [-0.2, 0) is 0 Å². The first-order valence-electron chi connectivity index (χ1n) is 18.9. The van der Waals surface area contributed by atoms with Crippen molar-refractivity contribution in [1.82, 2.24) is 8.80 Å². The molecule has 3 aromatic heterocycles. The first kappa shape index (κ1) is 30.1. The van der Waals surface area contributed by atoms with Crippen LogP contribution in [0.15, 0.2) is 200 Å². The van der Waals surface area contributed by atoms with Gasteiger partial charge >= 0.3 is 0 Å². The molecule has 12 aromatic rings. The smallest absolute Gasteiger partial charge is 0.131 e. The number of nitrogens with zero attached hydrogens (tertiary/aromatic N) is 3. The van der Waals surface area contributed by atoms with Gasteiger partial charge < -0.3 is 4.90 Å². The number of rotatable bonds is 5. The molecule has 0 aliphatic carbocycles. The number of hydrogen-bond acceptors (Lipinski definition) is 1. The number of hydrogen-bond donors (Lipinski definition) is 0. The Kier molecular flexibility index (Phi) is 6.34. The predicted molar refractivity (Wildman–Crippen MR) is 233 cm³/mol. The molecule has 12 rings (SSSR count). The van der Waals surface area contributed by atoms with E-state index in [9.17, 15) is 0 Å². The van der Waals surface area contributed by atoms with Crippen molar-refractivity contribution in [2.45, 2.75) is 0 Å². The van der Waals surface area contributed by atoms with Crippen molar-refractivity contribution >= 4 is 82.5 Å². The minimum atomic E-state index is 1.11. The number of anilines is 3. The number of imidazole rings is 1. The van der Waals surface area contributed by atoms with Gasteiger partial charge in [0.25, 0.3) is 0 Å². The summed E-state index contributed by atoms with van der Waals surface area (Å²) in [6, 6.07) is 73.1. The maximum absolute atomic E-state index is 2.45. The molecular formula is C52H33N3. The lowest BCUT2D eigenvalue weighted by Crippen LogP contribution is -2.09. The van der Waals surface area contributed by atoms with E-state index in [0.29, 0.717) is 0 Å². The van der Waals surface area contributed by atoms with E-state index in [1.54, 1.807) is 0 Å². The minimum absolute atomic E-state index is 1.11. The van der Waals surface area contributed by atoms with Crippen molar-refractivity contribution in [3.63, 3.8) is 0 Å². The van der Waals surface area contributed by atoms with E-state index >= 15 is 0 Å². The second kappa shape index (κ2) is 11.6. The average molecular weight is 700 g/mol. The van der Waals surface area contributed by atoms with Crippen LogP contribution >= 0.6 is 0 Å². The fraction of sp³-hybridized carbons (Fsp3) is 0. The molecule has 0 aliphatic heterocycles. The molecule has 0 spiro atoms. The molecule has 3 heterocycles. The first-order chi connectivity index (χ1) is 27.3. The van der Waals surface area contributed by atoms with Gasteiger partial charge in [0.15, 0.2) is 0 Å². The maximum Gasteiger partial charge on any atom is 0.131 e. The van der Waals surface area contributed by atoms with E-state index < -0.39 is 0 Å². The van der Waals surface area contributed by atoms with E-state index in [0.717, 1.165) is 17.1 Å². The van der Waals surface area contributed by atoms with Gasteiger partial charge in [-0.2, -0.15) is 0 Å². The highest BCUT2D eigenvalue weighted by molar-refractivity contribution is 6.24. The lowest BCUT2D eigenvalue weighted by atomic mass is 9.97. The summed E-state index contributed by atoms with van der Waals surface area (Å²) in [6.45, 7) is 0. The van der Waals surface area contributed by atoms with Crippen LogP contribution in [0.1, 0.15) is 0 Å². The Balaban J connectivity index is 1.06. The van der Waals surface area contributed by atoms with Crippen LogP contribution in [0.2, 0.25) is 0 Å². The van der Waals surface area contributed by atoms with Crippen molar-refractivity contribution in [3.05, 3.63) is 200 Å². The molecule has 55 heavy (non-hydrogen) atoms. The van der Waals surface area contributed by atoms with Gasteiger partial charge in [0.2, 0.25) is 0 Å². The Morgan fingerprint density at radius 2 is 0.745 bits per heavy atom. The fourth-order valence-corrected chi connectivity index (χ4v) is 9.19. The summed E-state index contributed by atoms with van der Waals surface area (Å²) in [5, 5.41) is 8.85. The van der Waals surface area contributed by atoms with Gasteiger partial charge in [-0.05, 0) is 104 Å². The van der Waals surface area contributed by atoms with Gasteiger partial charge in [-0.15, -0.1) is 0 Å². The molecule has 3 nitrogen and oxygen atoms in total. The molecule has 3 heteroatoms. The molecule has 0 saturated carbocycles. The quantitative estimate of drug-likeness (QED) is 0.174. The maximum atomic E-state index is 2.45. The summed E-state index contributed by atoms with van der Waals surface area (Å²) in [5.41, 5.74) is 14.4. The third-order valence-corrected chi connectivity index (χ3v) is 11.6. The second-order valence-corrected chi connectivity index (χ2v) is 14.6. The Labute approximate surface area is 317 Å². The third kappa shape index (κ3) is 4.38. The zero-order valence-corrected chi connectivity index (χ0v) is 29.9. The Bertz CT molecular complexity index is 3280. The van der Waals surface area contributed by atoms with Crippen molar-refractivity contribution < 1.29 is 0 Å². The largest absolute Gasteiger partial charge is 0.310 e. The van der Waals surface area contributed by atoms with Gasteiger partial charge in [-0.1, -0.05) is 140 Å². The summed E-state index contributed by atoms with van der Waals surface area (Å²) in [4.78, 5) is 2.40. The van der Waals surface area contributed by atoms with Gasteiger partial charge in [-0.3, -0.25) is 8.80 Å². The summed E-state index contributed by atoms with van der Waals surface area (Å²) >= 11 is 0. The average Bonchev–Trinajstić information content (AvgIpc) is 3.89. The zero-order chi connectivity index (χ0) is 36.0. The number of fused-ring (bicyclic) bond motifs is 11. The molecule has 0 bridgehead atoms. The second-order valence-electron chi connectivity index (χ2n) is 14.6. The van der Waals surface area contributed by atoms with Crippen LogP contribution in [-0.4, -0.2) is 8.80 Å². The van der Waals surface area contributed by atoms with Gasteiger partial charge in [0.05, 0.1) is 22.1 Å². The van der Waals surface area contributed by atoms with Crippen molar-refractivity contribution in [2.24, 2.45) is 0 Å². The van der Waals surface area contributed by atoms with Gasteiger partial charge in [0.1, 0.15) is 5.65 Å². The standard InChI is InChI=1S/C52H33N3/c1-3-15-41-34(11-1)13-9-18-43(41)36-23-27-38(28-24-36)53(39-29-25-37(26-30-39)44-19-10-14-35-12-2-4-16-42(35)44)40-31-32-48-46(33-40)51-45-17-5-6-20-47(45)54-49-21-7-8-22-50(49)55(48)52(51)54/h1-33H. The fourth-order valence-electron chi connectivity index (χ4n) is 9.19. The molecule has 9 aromatic carbocycles. The molecule has 0 fully saturated rings. The lowest BCUT2D eigenvalue weighted by molar-refractivity contribution is 1.27. The molecule has 0 unspecified atom stereocenters. The van der Waals surface area contributed by atoms with Crippen LogP contribution in [0.3, 0.4) is 0 Å². The SMILES string of the molecule is c1ccc2c(-c3ccc(N(c4ccc(-c5cccc6ccccc56)cc4)c4ccc5c(c4)c4c6ccccc6n6c7ccccc7n5c46)cc3)cccc2c1. The Hall–Kier alpha value is -7.36. The van der Waals surface area contributed by atoms with Gasteiger partial charge in [0, 0.05) is 33.2 Å². The number of para-hydroxylation sites is 3. The molecule has 0 N–H and O–H groups in total. The highest BCUT2D eigenvalue weighted by Crippen LogP contribution is 2.45. The lowest BCUT2D eigenvalue weighted by Gasteiger charge is -2.26. The van der Waals surface area contributed by atoms with E-state index in [2.05, 4.69) is 214 Å².